The van der Waals surface area contributed by atoms with Crippen molar-refractivity contribution >= 4 is 15.9 Å². The van der Waals surface area contributed by atoms with Crippen LogP contribution in [0.4, 0.5) is 0 Å². The second-order valence-electron chi connectivity index (χ2n) is 4.42. The maximum absolute atomic E-state index is 9.81. The van der Waals surface area contributed by atoms with Gasteiger partial charge in [-0.05, 0) is 35.8 Å². The van der Waals surface area contributed by atoms with E-state index in [4.69, 9.17) is 4.74 Å². The zero-order chi connectivity index (χ0) is 12.2. The Kier molecular flexibility index (Phi) is 4.77. The van der Waals surface area contributed by atoms with Gasteiger partial charge >= 0.3 is 0 Å². The molecule has 90 valence electrons. The van der Waals surface area contributed by atoms with E-state index in [-0.39, 0.29) is 5.54 Å². The molecule has 0 unspecified atom stereocenters. The van der Waals surface area contributed by atoms with Gasteiger partial charge in [-0.3, -0.25) is 0 Å². The Morgan fingerprint density at radius 2 is 2.12 bits per heavy atom. The second kappa shape index (κ2) is 5.66. The van der Waals surface area contributed by atoms with Gasteiger partial charge in [-0.25, -0.2) is 0 Å². The minimum Gasteiger partial charge on any atom is -0.506 e. The second-order valence-corrected chi connectivity index (χ2v) is 5.27. The third-order valence-corrected chi connectivity index (χ3v) is 2.97. The van der Waals surface area contributed by atoms with E-state index in [0.29, 0.717) is 18.9 Å². The molecule has 0 amide bonds. The van der Waals surface area contributed by atoms with Crippen molar-refractivity contribution in [2.45, 2.75) is 25.9 Å². The third kappa shape index (κ3) is 3.77. The molecule has 1 rings (SSSR count). The van der Waals surface area contributed by atoms with Crippen LogP contribution in [0.5, 0.6) is 5.75 Å². The summed E-state index contributed by atoms with van der Waals surface area (Å²) in [5.74, 6) is 0.295. The molecule has 0 aliphatic carbocycles. The smallest absolute Gasteiger partial charge is 0.134 e. The van der Waals surface area contributed by atoms with Crippen molar-refractivity contribution in [3.8, 4) is 5.75 Å². The molecule has 0 heterocycles. The number of rotatable bonds is 5. The lowest BCUT2D eigenvalue weighted by Crippen LogP contribution is -2.42. The van der Waals surface area contributed by atoms with Crippen LogP contribution >= 0.6 is 15.9 Å². The number of halogens is 1. The summed E-state index contributed by atoms with van der Waals surface area (Å²) in [5, 5.41) is 13.1. The zero-order valence-electron chi connectivity index (χ0n) is 9.88. The molecule has 3 nitrogen and oxygen atoms in total. The highest BCUT2D eigenvalue weighted by Gasteiger charge is 2.17. The van der Waals surface area contributed by atoms with E-state index in [9.17, 15) is 5.11 Å². The van der Waals surface area contributed by atoms with E-state index < -0.39 is 0 Å². The summed E-state index contributed by atoms with van der Waals surface area (Å²) < 4.78 is 5.83. The molecule has 0 spiro atoms. The predicted molar refractivity (Wildman–Crippen MR) is 68.6 cm³/mol. The van der Waals surface area contributed by atoms with Crippen LogP contribution in [0.25, 0.3) is 0 Å². The van der Waals surface area contributed by atoms with Gasteiger partial charge in [-0.1, -0.05) is 12.1 Å². The van der Waals surface area contributed by atoms with E-state index in [2.05, 4.69) is 35.1 Å². The van der Waals surface area contributed by atoms with Gasteiger partial charge in [-0.15, -0.1) is 0 Å². The van der Waals surface area contributed by atoms with Crippen LogP contribution in [0.1, 0.15) is 19.4 Å². The van der Waals surface area contributed by atoms with Crippen molar-refractivity contribution in [1.82, 2.24) is 5.32 Å². The average molecular weight is 288 g/mol. The highest BCUT2D eigenvalue weighted by Crippen LogP contribution is 2.27. The quantitative estimate of drug-likeness (QED) is 0.875. The van der Waals surface area contributed by atoms with E-state index in [1.807, 2.05) is 18.2 Å². The molecular weight excluding hydrogens is 270 g/mol. The molecule has 0 radical (unpaired) electrons. The Bertz CT molecular complexity index is 353. The van der Waals surface area contributed by atoms with E-state index in [1.54, 1.807) is 7.11 Å². The summed E-state index contributed by atoms with van der Waals surface area (Å²) in [6.07, 6.45) is 0. The fourth-order valence-electron chi connectivity index (χ4n) is 1.45. The molecule has 0 aromatic heterocycles. The van der Waals surface area contributed by atoms with Crippen LogP contribution in [-0.4, -0.2) is 24.4 Å². The number of hydrogen-bond donors (Lipinski definition) is 2. The van der Waals surface area contributed by atoms with Gasteiger partial charge in [0.1, 0.15) is 5.75 Å². The minimum atomic E-state index is -0.108. The van der Waals surface area contributed by atoms with Gasteiger partial charge in [0, 0.05) is 24.8 Å². The number of phenols is 1. The van der Waals surface area contributed by atoms with Crippen molar-refractivity contribution in [3.05, 3.63) is 28.2 Å². The number of phenolic OH excluding ortho intramolecular Hbond substituents is 1. The van der Waals surface area contributed by atoms with Gasteiger partial charge in [0.2, 0.25) is 0 Å². The number of aromatic hydroxyl groups is 1. The molecule has 0 saturated heterocycles. The molecule has 16 heavy (non-hydrogen) atoms. The van der Waals surface area contributed by atoms with Crippen molar-refractivity contribution in [1.29, 1.82) is 0 Å². The van der Waals surface area contributed by atoms with Gasteiger partial charge in [0.05, 0.1) is 11.1 Å². The predicted octanol–water partition coefficient (Wildman–Crippen LogP) is 2.67. The normalized spacial score (nSPS) is 11.8. The topological polar surface area (TPSA) is 41.5 Å². The summed E-state index contributed by atoms with van der Waals surface area (Å²) >= 11 is 3.29. The highest BCUT2D eigenvalue weighted by atomic mass is 79.9. The first-order valence-electron chi connectivity index (χ1n) is 5.16. The first kappa shape index (κ1) is 13.5. The molecule has 2 N–H and O–H groups in total. The minimum absolute atomic E-state index is 0.108. The molecule has 0 saturated carbocycles. The number of nitrogens with one attached hydrogen (secondary N) is 1. The van der Waals surface area contributed by atoms with Crippen LogP contribution in [0.3, 0.4) is 0 Å². The Morgan fingerprint density at radius 3 is 2.75 bits per heavy atom. The molecule has 0 atom stereocenters. The maximum atomic E-state index is 9.81. The SMILES string of the molecule is COCC(C)(C)NCc1cccc(Br)c1O. The van der Waals surface area contributed by atoms with E-state index in [0.717, 1.165) is 10.0 Å². The molecule has 4 heteroatoms. The Balaban J connectivity index is 2.64. The van der Waals surface area contributed by atoms with Crippen molar-refractivity contribution in [3.63, 3.8) is 0 Å². The van der Waals surface area contributed by atoms with E-state index in [1.165, 1.54) is 0 Å². The van der Waals surface area contributed by atoms with Crippen molar-refractivity contribution in [2.24, 2.45) is 0 Å². The van der Waals surface area contributed by atoms with Crippen molar-refractivity contribution < 1.29 is 9.84 Å². The lowest BCUT2D eigenvalue weighted by Gasteiger charge is -2.25. The number of para-hydroxylation sites is 1. The fourth-order valence-corrected chi connectivity index (χ4v) is 1.86. The molecule has 0 bridgehead atoms. The van der Waals surface area contributed by atoms with Gasteiger partial charge in [0.25, 0.3) is 0 Å². The maximum Gasteiger partial charge on any atom is 0.134 e. The number of ether oxygens (including phenoxy) is 1. The van der Waals surface area contributed by atoms with Crippen molar-refractivity contribution in [2.75, 3.05) is 13.7 Å². The zero-order valence-corrected chi connectivity index (χ0v) is 11.5. The largest absolute Gasteiger partial charge is 0.506 e. The summed E-state index contributed by atoms with van der Waals surface area (Å²) in [7, 11) is 1.68. The number of methoxy groups -OCH3 is 1. The van der Waals surface area contributed by atoms with E-state index >= 15 is 0 Å². The molecule has 0 aliphatic heterocycles. The molecule has 1 aromatic carbocycles. The van der Waals surface area contributed by atoms with Crippen LogP contribution in [0, 0.1) is 0 Å². The molecule has 0 aliphatic rings. The first-order chi connectivity index (χ1) is 7.46. The van der Waals surface area contributed by atoms with Crippen LogP contribution in [-0.2, 0) is 11.3 Å². The average Bonchev–Trinajstić information content (AvgIpc) is 2.20. The standard InChI is InChI=1S/C12H18BrNO2/c1-12(2,8-16-3)14-7-9-5-4-6-10(13)11(9)15/h4-6,14-15H,7-8H2,1-3H3. The Hall–Kier alpha value is -0.580. The first-order valence-corrected chi connectivity index (χ1v) is 5.96. The molecule has 1 aromatic rings. The number of benzene rings is 1. The van der Waals surface area contributed by atoms with Gasteiger partial charge in [-0.2, -0.15) is 0 Å². The summed E-state index contributed by atoms with van der Waals surface area (Å²) in [6.45, 7) is 5.36. The lowest BCUT2D eigenvalue weighted by atomic mass is 10.1. The third-order valence-electron chi connectivity index (χ3n) is 2.33. The van der Waals surface area contributed by atoms with Crippen LogP contribution < -0.4 is 5.32 Å². The number of hydrogen-bond acceptors (Lipinski definition) is 3. The van der Waals surface area contributed by atoms with Crippen LogP contribution in [0.15, 0.2) is 22.7 Å². The molecular formula is C12H18BrNO2. The highest BCUT2D eigenvalue weighted by molar-refractivity contribution is 9.10. The fraction of sp³-hybridized carbons (Fsp3) is 0.500. The van der Waals surface area contributed by atoms with Gasteiger partial charge in [0.15, 0.2) is 0 Å². The lowest BCUT2D eigenvalue weighted by molar-refractivity contribution is 0.127. The molecule has 0 fully saturated rings. The van der Waals surface area contributed by atoms with Gasteiger partial charge < -0.3 is 15.2 Å². The van der Waals surface area contributed by atoms with Crippen LogP contribution in [0.2, 0.25) is 0 Å². The summed E-state index contributed by atoms with van der Waals surface area (Å²) in [4.78, 5) is 0. The summed E-state index contributed by atoms with van der Waals surface area (Å²) in [5.41, 5.74) is 0.766. The monoisotopic (exact) mass is 287 g/mol. The Labute approximate surface area is 105 Å². The summed E-state index contributed by atoms with van der Waals surface area (Å²) in [6, 6.07) is 5.62. The Morgan fingerprint density at radius 1 is 1.44 bits per heavy atom.